The van der Waals surface area contributed by atoms with Crippen molar-refractivity contribution in [3.63, 3.8) is 0 Å². The molecule has 0 saturated carbocycles. The van der Waals surface area contributed by atoms with E-state index in [-0.39, 0.29) is 5.41 Å². The second-order valence-corrected chi connectivity index (χ2v) is 16.4. The number of benzene rings is 10. The fraction of sp³-hybridized carbons (Fsp3) is 0.0508. The molecule has 0 heterocycles. The molecule has 0 aliphatic heterocycles. The van der Waals surface area contributed by atoms with Gasteiger partial charge in [-0.3, -0.25) is 0 Å². The van der Waals surface area contributed by atoms with Gasteiger partial charge in [-0.2, -0.15) is 0 Å². The van der Waals surface area contributed by atoms with Crippen LogP contribution < -0.4 is 4.90 Å². The first kappa shape index (κ1) is 35.7. The molecule has 0 spiro atoms. The van der Waals surface area contributed by atoms with Gasteiger partial charge in [0.25, 0.3) is 0 Å². The maximum atomic E-state index is 2.52. The Morgan fingerprint density at radius 2 is 0.817 bits per heavy atom. The lowest BCUT2D eigenvalue weighted by atomic mass is 9.81. The van der Waals surface area contributed by atoms with Crippen molar-refractivity contribution in [2.45, 2.75) is 19.3 Å². The predicted molar refractivity (Wildman–Crippen MR) is 255 cm³/mol. The standard InChI is InChI=1S/C59H43N/c1-59(2)55-31-14-12-26-52(55)54-30-17-33-57(58(54)59)60(43-37-34-42(35-38-43)46-28-16-29-48-45-21-7-6-20-41(45)36-39-51(46)48)56-32-15-13-27-53(56)50-25-11-10-24-49(50)47-23-9-8-22-44(47)40-18-4-3-5-19-40/h3-39H,1-2H3. The Morgan fingerprint density at radius 3 is 1.60 bits per heavy atom. The topological polar surface area (TPSA) is 3.24 Å². The number of fused-ring (bicyclic) bond motifs is 6. The highest BCUT2D eigenvalue weighted by atomic mass is 15.1. The number of anilines is 3. The highest BCUT2D eigenvalue weighted by Gasteiger charge is 2.39. The average Bonchev–Trinajstić information content (AvgIpc) is 3.55. The summed E-state index contributed by atoms with van der Waals surface area (Å²) < 4.78 is 0. The Morgan fingerprint density at radius 1 is 0.300 bits per heavy atom. The van der Waals surface area contributed by atoms with E-state index in [1.54, 1.807) is 0 Å². The van der Waals surface area contributed by atoms with Gasteiger partial charge in [-0.15, -0.1) is 0 Å². The van der Waals surface area contributed by atoms with Crippen LogP contribution in [0.4, 0.5) is 17.1 Å². The number of rotatable bonds is 7. The molecule has 1 aliphatic carbocycles. The molecule has 11 rings (SSSR count). The van der Waals surface area contributed by atoms with Crippen LogP contribution in [0.5, 0.6) is 0 Å². The van der Waals surface area contributed by atoms with Crippen LogP contribution in [0.25, 0.3) is 77.2 Å². The molecule has 0 radical (unpaired) electrons. The second-order valence-electron chi connectivity index (χ2n) is 16.4. The highest BCUT2D eigenvalue weighted by Crippen LogP contribution is 2.55. The first-order valence-corrected chi connectivity index (χ1v) is 20.9. The van der Waals surface area contributed by atoms with Crippen molar-refractivity contribution >= 4 is 38.6 Å². The van der Waals surface area contributed by atoms with Gasteiger partial charge in [0.2, 0.25) is 0 Å². The van der Waals surface area contributed by atoms with Gasteiger partial charge in [0.1, 0.15) is 0 Å². The van der Waals surface area contributed by atoms with E-state index in [9.17, 15) is 0 Å². The molecular weight excluding hydrogens is 723 g/mol. The van der Waals surface area contributed by atoms with E-state index in [1.165, 1.54) is 94.0 Å². The molecule has 10 aromatic carbocycles. The van der Waals surface area contributed by atoms with E-state index >= 15 is 0 Å². The molecule has 1 nitrogen and oxygen atoms in total. The normalized spacial score (nSPS) is 12.6. The van der Waals surface area contributed by atoms with Crippen LogP contribution in [0, 0.1) is 0 Å². The van der Waals surface area contributed by atoms with Crippen LogP contribution in [0.1, 0.15) is 25.0 Å². The van der Waals surface area contributed by atoms with Crippen molar-refractivity contribution in [2.24, 2.45) is 0 Å². The first-order chi connectivity index (χ1) is 29.6. The Bertz CT molecular complexity index is 3230. The van der Waals surface area contributed by atoms with Crippen molar-refractivity contribution in [1.29, 1.82) is 0 Å². The van der Waals surface area contributed by atoms with Crippen LogP contribution in [0.15, 0.2) is 224 Å². The summed E-state index contributed by atoms with van der Waals surface area (Å²) in [6.07, 6.45) is 0. The third-order valence-electron chi connectivity index (χ3n) is 12.7. The molecule has 0 N–H and O–H groups in total. The van der Waals surface area contributed by atoms with Crippen molar-refractivity contribution in [2.75, 3.05) is 4.90 Å². The van der Waals surface area contributed by atoms with Crippen molar-refractivity contribution < 1.29 is 0 Å². The Labute approximate surface area is 352 Å². The van der Waals surface area contributed by atoms with Crippen LogP contribution in [0.2, 0.25) is 0 Å². The molecule has 10 aromatic rings. The van der Waals surface area contributed by atoms with Gasteiger partial charge >= 0.3 is 0 Å². The van der Waals surface area contributed by atoms with E-state index in [0.717, 1.165) is 11.4 Å². The fourth-order valence-corrected chi connectivity index (χ4v) is 9.93. The predicted octanol–water partition coefficient (Wildman–Crippen LogP) is 16.4. The van der Waals surface area contributed by atoms with E-state index < -0.39 is 0 Å². The summed E-state index contributed by atoms with van der Waals surface area (Å²) in [6, 6.07) is 82.4. The molecule has 0 unspecified atom stereocenters. The van der Waals surface area contributed by atoms with Gasteiger partial charge in [-0.05, 0) is 107 Å². The summed E-state index contributed by atoms with van der Waals surface area (Å²) in [4.78, 5) is 2.52. The maximum absolute atomic E-state index is 2.52. The Balaban J connectivity index is 1.12. The molecule has 60 heavy (non-hydrogen) atoms. The average molecular weight is 766 g/mol. The van der Waals surface area contributed by atoms with Gasteiger partial charge in [0.05, 0.1) is 11.4 Å². The number of para-hydroxylation sites is 1. The maximum Gasteiger partial charge on any atom is 0.0540 e. The molecule has 0 saturated heterocycles. The monoisotopic (exact) mass is 765 g/mol. The third-order valence-corrected chi connectivity index (χ3v) is 12.7. The summed E-state index contributed by atoms with van der Waals surface area (Å²) in [7, 11) is 0. The molecule has 284 valence electrons. The van der Waals surface area contributed by atoms with Crippen LogP contribution >= 0.6 is 0 Å². The number of hydrogen-bond acceptors (Lipinski definition) is 1. The minimum Gasteiger partial charge on any atom is -0.310 e. The largest absolute Gasteiger partial charge is 0.310 e. The summed E-state index contributed by atoms with van der Waals surface area (Å²) in [5.74, 6) is 0. The quantitative estimate of drug-likeness (QED) is 0.146. The van der Waals surface area contributed by atoms with Gasteiger partial charge in [0.15, 0.2) is 0 Å². The summed E-state index contributed by atoms with van der Waals surface area (Å²) in [5.41, 5.74) is 18.2. The zero-order chi connectivity index (χ0) is 40.2. The SMILES string of the molecule is CC1(C)c2ccccc2-c2cccc(N(c3ccc(-c4cccc5c4ccc4ccccc45)cc3)c3ccccc3-c3ccccc3-c3ccccc3-c3ccccc3)c21. The zero-order valence-corrected chi connectivity index (χ0v) is 33.8. The van der Waals surface area contributed by atoms with E-state index in [0.29, 0.717) is 0 Å². The van der Waals surface area contributed by atoms with Crippen LogP contribution in [-0.2, 0) is 5.41 Å². The molecule has 0 amide bonds. The van der Waals surface area contributed by atoms with Crippen molar-refractivity contribution in [3.05, 3.63) is 236 Å². The van der Waals surface area contributed by atoms with Gasteiger partial charge in [-0.25, -0.2) is 0 Å². The number of nitrogens with zero attached hydrogens (tertiary/aromatic N) is 1. The number of hydrogen-bond donors (Lipinski definition) is 0. The smallest absolute Gasteiger partial charge is 0.0540 e. The highest BCUT2D eigenvalue weighted by molar-refractivity contribution is 6.12. The molecular formula is C59H43N. The summed E-state index contributed by atoms with van der Waals surface area (Å²) in [5, 5.41) is 5.08. The van der Waals surface area contributed by atoms with E-state index in [2.05, 4.69) is 243 Å². The Hall–Kier alpha value is -7.48. The zero-order valence-electron chi connectivity index (χ0n) is 33.8. The van der Waals surface area contributed by atoms with Gasteiger partial charge < -0.3 is 4.90 Å². The minimum absolute atomic E-state index is 0.214. The van der Waals surface area contributed by atoms with Gasteiger partial charge in [-0.1, -0.05) is 214 Å². The fourth-order valence-electron chi connectivity index (χ4n) is 9.93. The molecule has 0 fully saturated rings. The first-order valence-electron chi connectivity index (χ1n) is 20.9. The van der Waals surface area contributed by atoms with E-state index in [4.69, 9.17) is 0 Å². The molecule has 1 aliphatic rings. The lowest BCUT2D eigenvalue weighted by Gasteiger charge is -2.33. The van der Waals surface area contributed by atoms with Crippen LogP contribution in [0.3, 0.4) is 0 Å². The summed E-state index contributed by atoms with van der Waals surface area (Å²) in [6.45, 7) is 4.77. The van der Waals surface area contributed by atoms with Crippen molar-refractivity contribution in [3.8, 4) is 55.6 Å². The summed E-state index contributed by atoms with van der Waals surface area (Å²) >= 11 is 0. The molecule has 0 aromatic heterocycles. The minimum atomic E-state index is -0.214. The van der Waals surface area contributed by atoms with Crippen LogP contribution in [-0.4, -0.2) is 0 Å². The third kappa shape index (κ3) is 5.77. The molecule has 1 heteroatoms. The van der Waals surface area contributed by atoms with Crippen molar-refractivity contribution in [1.82, 2.24) is 0 Å². The molecule has 0 atom stereocenters. The lowest BCUT2D eigenvalue weighted by Crippen LogP contribution is -2.21. The van der Waals surface area contributed by atoms with Gasteiger partial charge in [0, 0.05) is 16.7 Å². The second kappa shape index (κ2) is 14.4. The Kier molecular flexibility index (Phi) is 8.57. The van der Waals surface area contributed by atoms with E-state index in [1.807, 2.05) is 0 Å². The lowest BCUT2D eigenvalue weighted by molar-refractivity contribution is 0.661. The molecule has 0 bridgehead atoms.